The molecule has 4 aromatic rings. The number of carbonyl (C=O) groups excluding carboxylic acids is 1. The van der Waals surface area contributed by atoms with Gasteiger partial charge in [-0.3, -0.25) is 14.9 Å². The molecule has 0 fully saturated rings. The van der Waals surface area contributed by atoms with Crippen molar-refractivity contribution in [3.05, 3.63) is 94.2 Å². The van der Waals surface area contributed by atoms with Gasteiger partial charge in [-0.1, -0.05) is 59.8 Å². The van der Waals surface area contributed by atoms with E-state index in [9.17, 15) is 20.0 Å². The molecule has 0 saturated carbocycles. The summed E-state index contributed by atoms with van der Waals surface area (Å²) in [6.45, 7) is -0.0273. The van der Waals surface area contributed by atoms with Gasteiger partial charge >= 0.3 is 0 Å². The lowest BCUT2D eigenvalue weighted by Crippen LogP contribution is -2.28. The number of aliphatic hydroxyl groups is 1. The normalized spacial score (nSPS) is 11.9. The third-order valence-corrected chi connectivity index (χ3v) is 4.75. The molecule has 1 amide bonds. The lowest BCUT2D eigenvalue weighted by Gasteiger charge is -2.14. The summed E-state index contributed by atoms with van der Waals surface area (Å²) in [5.41, 5.74) is 0.749. The van der Waals surface area contributed by atoms with E-state index in [-0.39, 0.29) is 29.2 Å². The summed E-state index contributed by atoms with van der Waals surface area (Å²) in [5.74, 6) is -0.440. The Morgan fingerprint density at radius 1 is 1.10 bits per heavy atom. The zero-order valence-corrected chi connectivity index (χ0v) is 15.7. The minimum atomic E-state index is -0.915. The molecule has 0 saturated heterocycles. The van der Waals surface area contributed by atoms with Crippen LogP contribution in [0.5, 0.6) is 0 Å². The van der Waals surface area contributed by atoms with E-state index in [1.54, 1.807) is 12.1 Å². The van der Waals surface area contributed by atoms with Crippen molar-refractivity contribution in [3.63, 3.8) is 0 Å². The summed E-state index contributed by atoms with van der Waals surface area (Å²) in [4.78, 5) is 23.1. The molecule has 3 aromatic carbocycles. The highest BCUT2D eigenvalue weighted by Crippen LogP contribution is 2.30. The lowest BCUT2D eigenvalue weighted by atomic mass is 10.0. The van der Waals surface area contributed by atoms with Crippen molar-refractivity contribution < 1.29 is 19.3 Å². The molecule has 1 heterocycles. The Labute approximate surface area is 170 Å². The number of fused-ring (bicyclic) bond motifs is 1. The lowest BCUT2D eigenvalue weighted by molar-refractivity contribution is -0.384. The molecule has 8 heteroatoms. The average molecular weight is 403 g/mol. The van der Waals surface area contributed by atoms with Crippen molar-refractivity contribution in [1.29, 1.82) is 0 Å². The Bertz CT molecular complexity index is 1230. The maximum atomic E-state index is 12.4. The summed E-state index contributed by atoms with van der Waals surface area (Å²) in [6.07, 6.45) is -0.915. The molecule has 0 spiro atoms. The highest BCUT2D eigenvalue weighted by atomic mass is 16.6. The number of nitro benzene ring substituents is 1. The van der Waals surface area contributed by atoms with Gasteiger partial charge in [0.2, 0.25) is 0 Å². The van der Waals surface area contributed by atoms with Crippen LogP contribution in [0.4, 0.5) is 5.69 Å². The molecular weight excluding hydrogens is 386 g/mol. The van der Waals surface area contributed by atoms with Crippen molar-refractivity contribution in [3.8, 4) is 11.3 Å². The van der Waals surface area contributed by atoms with Gasteiger partial charge in [0, 0.05) is 18.7 Å². The van der Waals surface area contributed by atoms with E-state index in [1.807, 2.05) is 42.5 Å². The molecule has 30 heavy (non-hydrogen) atoms. The number of rotatable bonds is 6. The zero-order valence-electron chi connectivity index (χ0n) is 15.7. The highest BCUT2D eigenvalue weighted by Gasteiger charge is 2.21. The summed E-state index contributed by atoms with van der Waals surface area (Å²) in [7, 11) is 0. The van der Waals surface area contributed by atoms with E-state index < -0.39 is 16.9 Å². The monoisotopic (exact) mass is 403 g/mol. The number of aromatic nitrogens is 1. The molecule has 150 valence electrons. The van der Waals surface area contributed by atoms with E-state index in [2.05, 4.69) is 10.5 Å². The van der Waals surface area contributed by atoms with Crippen LogP contribution in [0, 0.1) is 10.1 Å². The number of carbonyl (C=O) groups is 1. The Morgan fingerprint density at radius 2 is 1.83 bits per heavy atom. The number of nitrogens with zero attached hydrogens (tertiary/aromatic N) is 2. The molecule has 8 nitrogen and oxygen atoms in total. The van der Waals surface area contributed by atoms with Gasteiger partial charge in [-0.2, -0.15) is 0 Å². The molecule has 0 radical (unpaired) electrons. The van der Waals surface area contributed by atoms with Gasteiger partial charge in [-0.15, -0.1) is 0 Å². The first-order valence-corrected chi connectivity index (χ1v) is 9.19. The molecule has 0 bridgehead atoms. The van der Waals surface area contributed by atoms with E-state index in [0.29, 0.717) is 5.56 Å². The molecule has 0 aliphatic carbocycles. The van der Waals surface area contributed by atoms with Gasteiger partial charge in [0.25, 0.3) is 11.6 Å². The van der Waals surface area contributed by atoms with E-state index in [4.69, 9.17) is 4.52 Å². The first-order chi connectivity index (χ1) is 14.5. The Balaban J connectivity index is 1.48. The number of benzene rings is 3. The minimum absolute atomic E-state index is 0.0273. The average Bonchev–Trinajstić information content (AvgIpc) is 3.27. The van der Waals surface area contributed by atoms with Crippen LogP contribution < -0.4 is 5.32 Å². The number of aliphatic hydroxyl groups excluding tert-OH is 1. The maximum Gasteiger partial charge on any atom is 0.280 e. The maximum absolute atomic E-state index is 12.4. The van der Waals surface area contributed by atoms with Gasteiger partial charge in [-0.05, 0) is 22.4 Å². The molecule has 2 N–H and O–H groups in total. The molecule has 1 atom stereocenters. The largest absolute Gasteiger partial charge is 0.387 e. The van der Waals surface area contributed by atoms with Crippen molar-refractivity contribution >= 4 is 22.4 Å². The molecule has 1 unspecified atom stereocenters. The summed E-state index contributed by atoms with van der Waals surface area (Å²) < 4.78 is 5.13. The third-order valence-electron chi connectivity index (χ3n) is 4.75. The second-order valence-corrected chi connectivity index (χ2v) is 6.64. The fourth-order valence-electron chi connectivity index (χ4n) is 3.28. The number of para-hydroxylation sites is 1. The Morgan fingerprint density at radius 3 is 2.67 bits per heavy atom. The van der Waals surface area contributed by atoms with Crippen LogP contribution >= 0.6 is 0 Å². The van der Waals surface area contributed by atoms with Crippen molar-refractivity contribution in [2.75, 3.05) is 6.54 Å². The van der Waals surface area contributed by atoms with Crippen LogP contribution in [0.2, 0.25) is 0 Å². The predicted molar refractivity (Wildman–Crippen MR) is 110 cm³/mol. The van der Waals surface area contributed by atoms with Crippen molar-refractivity contribution in [2.45, 2.75) is 6.10 Å². The smallest absolute Gasteiger partial charge is 0.280 e. The summed E-state index contributed by atoms with van der Waals surface area (Å²) in [5, 5.41) is 30.0. The number of hydrogen-bond acceptors (Lipinski definition) is 6. The highest BCUT2D eigenvalue weighted by molar-refractivity contribution is 5.93. The van der Waals surface area contributed by atoms with Crippen LogP contribution in [-0.2, 0) is 0 Å². The number of amides is 1. The summed E-state index contributed by atoms with van der Waals surface area (Å²) >= 11 is 0. The van der Waals surface area contributed by atoms with Gasteiger partial charge < -0.3 is 14.9 Å². The molecule has 4 rings (SSSR count). The molecule has 1 aromatic heterocycles. The van der Waals surface area contributed by atoms with Crippen molar-refractivity contribution in [2.24, 2.45) is 0 Å². The Kier molecular flexibility index (Phi) is 5.23. The number of nitro groups is 1. The fraction of sp³-hybridized carbons (Fsp3) is 0.0909. The first-order valence-electron chi connectivity index (χ1n) is 9.19. The second-order valence-electron chi connectivity index (χ2n) is 6.64. The van der Waals surface area contributed by atoms with E-state index in [0.717, 1.165) is 10.8 Å². The summed E-state index contributed by atoms with van der Waals surface area (Å²) in [6, 6.07) is 20.6. The quantitative estimate of drug-likeness (QED) is 0.373. The standard InChI is InChI=1S/C22H17N3O5/c26-20(16-10-5-7-14-6-1-2-8-15(14)16)13-23-22(27)18-12-21(30-24-18)17-9-3-4-11-19(17)25(28)29/h1-12,20,26H,13H2,(H,23,27). The zero-order chi connectivity index (χ0) is 21.1. The van der Waals surface area contributed by atoms with E-state index in [1.165, 1.54) is 18.2 Å². The van der Waals surface area contributed by atoms with Crippen molar-refractivity contribution in [1.82, 2.24) is 10.5 Å². The molecular formula is C22H17N3O5. The molecule has 0 aliphatic rings. The first kappa shape index (κ1) is 19.3. The Hall–Kier alpha value is -4.04. The SMILES string of the molecule is O=C(NCC(O)c1cccc2ccccc12)c1cc(-c2ccccc2[N+](=O)[O-])on1. The van der Waals surface area contributed by atoms with Crippen LogP contribution in [0.1, 0.15) is 22.2 Å². The van der Waals surface area contributed by atoms with E-state index >= 15 is 0 Å². The third kappa shape index (κ3) is 3.76. The second kappa shape index (κ2) is 8.14. The number of nitrogens with one attached hydrogen (secondary N) is 1. The van der Waals surface area contributed by atoms with Crippen LogP contribution in [0.15, 0.2) is 77.3 Å². The minimum Gasteiger partial charge on any atom is -0.387 e. The van der Waals surface area contributed by atoms with Gasteiger partial charge in [0.05, 0.1) is 16.6 Å². The topological polar surface area (TPSA) is 118 Å². The number of hydrogen-bond donors (Lipinski definition) is 2. The molecule has 0 aliphatic heterocycles. The fourth-order valence-corrected chi connectivity index (χ4v) is 3.28. The van der Waals surface area contributed by atoms with Crippen LogP contribution in [-0.4, -0.2) is 27.6 Å². The van der Waals surface area contributed by atoms with Gasteiger partial charge in [0.15, 0.2) is 11.5 Å². The van der Waals surface area contributed by atoms with Gasteiger partial charge in [0.1, 0.15) is 0 Å². The van der Waals surface area contributed by atoms with Crippen LogP contribution in [0.3, 0.4) is 0 Å². The predicted octanol–water partition coefficient (Wildman–Crippen LogP) is 3.87. The van der Waals surface area contributed by atoms with Gasteiger partial charge in [-0.25, -0.2) is 0 Å². The van der Waals surface area contributed by atoms with Crippen LogP contribution in [0.25, 0.3) is 22.1 Å².